The van der Waals surface area contributed by atoms with Gasteiger partial charge in [-0.05, 0) is 26.3 Å². The summed E-state index contributed by atoms with van der Waals surface area (Å²) in [5.74, 6) is 0.545. The first-order chi connectivity index (χ1) is 8.81. The second-order valence-corrected chi connectivity index (χ2v) is 5.52. The van der Waals surface area contributed by atoms with E-state index in [2.05, 4.69) is 55.4 Å². The molecule has 0 aliphatic heterocycles. The second kappa shape index (κ2) is 6.36. The minimum Gasteiger partial charge on any atom is -0.386 e. The fraction of sp³-hybridized carbons (Fsp3) is 0.300. The molecule has 3 nitrogen and oxygen atoms in total. The Bertz CT molecular complexity index is 511. The maximum Gasteiger partial charge on any atom is 0.138 e. The molecule has 0 aliphatic carbocycles. The van der Waals surface area contributed by atoms with E-state index in [1.54, 1.807) is 6.92 Å². The summed E-state index contributed by atoms with van der Waals surface area (Å²) >= 11 is 0. The third kappa shape index (κ3) is 3.26. The number of rotatable bonds is 4. The maximum absolute atomic E-state index is 5.64. The molecule has 0 atom stereocenters. The van der Waals surface area contributed by atoms with Crippen molar-refractivity contribution in [1.82, 2.24) is 0 Å². The van der Waals surface area contributed by atoms with Crippen LogP contribution in [-0.2, 0) is 0 Å². The molecule has 0 saturated heterocycles. The molecule has 3 N–H and O–H groups in total. The first-order valence-corrected chi connectivity index (χ1v) is 6.99. The Morgan fingerprint density at radius 1 is 1.32 bits per heavy atom. The minimum atomic E-state index is 0.459. The van der Waals surface area contributed by atoms with Gasteiger partial charge in [0.15, 0.2) is 0 Å². The summed E-state index contributed by atoms with van der Waals surface area (Å²) in [5, 5.41) is 4.18. The number of anilines is 1. The number of hydrogen-bond donors (Lipinski definition) is 2. The minimum absolute atomic E-state index is 0.459. The zero-order chi connectivity index (χ0) is 14.7. The van der Waals surface area contributed by atoms with Gasteiger partial charge < -0.3 is 5.73 Å². The summed E-state index contributed by atoms with van der Waals surface area (Å²) in [6.07, 6.45) is 0. The molecule has 0 bridgehead atoms. The summed E-state index contributed by atoms with van der Waals surface area (Å²) in [6.45, 7) is 6.62. The normalized spacial score (nSPS) is 11.2. The van der Waals surface area contributed by atoms with Crippen LogP contribution in [0, 0.1) is 13.8 Å². The average Bonchev–Trinajstić information content (AvgIpc) is 2.31. The molecule has 0 radical (unpaired) electrons. The summed E-state index contributed by atoms with van der Waals surface area (Å²) in [4.78, 5) is 0. The van der Waals surface area contributed by atoms with Crippen LogP contribution >= 0.6 is 0 Å². The summed E-state index contributed by atoms with van der Waals surface area (Å²) in [6, 6.07) is 0. The molecule has 1 aromatic rings. The van der Waals surface area contributed by atoms with Crippen LogP contribution in [-0.4, -0.2) is 50.6 Å². The fourth-order valence-electron chi connectivity index (χ4n) is 2.79. The number of hydrogen-bond acceptors (Lipinski definition) is 2. The van der Waals surface area contributed by atoms with Crippen molar-refractivity contribution in [1.29, 1.82) is 0 Å². The number of benzene rings is 1. The van der Waals surface area contributed by atoms with E-state index in [4.69, 9.17) is 5.73 Å². The molecule has 0 aromatic heterocycles. The number of amidine groups is 1. The van der Waals surface area contributed by atoms with Crippen molar-refractivity contribution in [2.45, 2.75) is 20.8 Å². The molecule has 0 amide bonds. The molecule has 0 heterocycles. The van der Waals surface area contributed by atoms with Gasteiger partial charge in [-0.25, -0.2) is 0 Å². The Hall–Kier alpha value is -1.12. The van der Waals surface area contributed by atoms with E-state index in [9.17, 15) is 0 Å². The lowest BCUT2D eigenvalue weighted by atomic mass is 9.16. The fourth-order valence-corrected chi connectivity index (χ4v) is 2.79. The smallest absolute Gasteiger partial charge is 0.138 e. The van der Waals surface area contributed by atoms with Gasteiger partial charge in [0.2, 0.25) is 0 Å². The molecule has 0 saturated carbocycles. The largest absolute Gasteiger partial charge is 0.386 e. The highest BCUT2D eigenvalue weighted by Gasteiger charge is 2.19. The Balaban J connectivity index is 3.55. The monoisotopic (exact) mass is 249 g/mol. The van der Waals surface area contributed by atoms with Gasteiger partial charge in [-0.3, -0.25) is 5.43 Å². The first kappa shape index (κ1) is 15.9. The molecule has 0 spiro atoms. The van der Waals surface area contributed by atoms with Crippen LogP contribution in [0.3, 0.4) is 0 Å². The lowest BCUT2D eigenvalue weighted by Crippen LogP contribution is -2.47. The van der Waals surface area contributed by atoms with E-state index in [-0.39, 0.29) is 0 Å². The van der Waals surface area contributed by atoms with E-state index in [0.29, 0.717) is 12.3 Å². The van der Waals surface area contributed by atoms with Gasteiger partial charge in [0.05, 0.1) is 28.9 Å². The lowest BCUT2D eigenvalue weighted by molar-refractivity contribution is 1.29. The van der Waals surface area contributed by atoms with Crippen LogP contribution in [0.1, 0.15) is 18.1 Å². The van der Waals surface area contributed by atoms with Crippen molar-refractivity contribution >= 4 is 72.6 Å². The van der Waals surface area contributed by atoms with Gasteiger partial charge in [-0.15, -0.1) is 0 Å². The standard InChI is InChI=1S/C10H21B6N3/c1-4-7(11)8(15-12)5(2)9(16(13)14)10(4)19-18-6(3)17/h15,19H,11-14H2,1-3H3,(H2,17,18). The van der Waals surface area contributed by atoms with Crippen molar-refractivity contribution in [3.63, 3.8) is 0 Å². The van der Waals surface area contributed by atoms with Gasteiger partial charge in [0, 0.05) is 0 Å². The van der Waals surface area contributed by atoms with E-state index >= 15 is 0 Å². The highest BCUT2D eigenvalue weighted by atomic mass is 15.3. The van der Waals surface area contributed by atoms with Crippen molar-refractivity contribution < 1.29 is 0 Å². The van der Waals surface area contributed by atoms with Crippen molar-refractivity contribution in [3.8, 4) is 0 Å². The van der Waals surface area contributed by atoms with Crippen LogP contribution in [0.5, 0.6) is 0 Å². The van der Waals surface area contributed by atoms with Crippen LogP contribution in [0.2, 0.25) is 0 Å². The highest BCUT2D eigenvalue weighted by Crippen LogP contribution is 2.11. The molecule has 0 unspecified atom stereocenters. The van der Waals surface area contributed by atoms with Gasteiger partial charge >= 0.3 is 0 Å². The summed E-state index contributed by atoms with van der Waals surface area (Å²) in [5.41, 5.74) is 16.7. The SMILES string of the molecule is BBc1c(B)c(C)c(NN=C(C)N)c(B(B)B)c1C. The molecule has 9 heteroatoms. The molecule has 1 rings (SSSR count). The van der Waals surface area contributed by atoms with E-state index < -0.39 is 0 Å². The van der Waals surface area contributed by atoms with Gasteiger partial charge in [-0.1, -0.05) is 22.0 Å². The quantitative estimate of drug-likeness (QED) is 0.242. The third-order valence-corrected chi connectivity index (χ3v) is 3.79. The number of hydrazone groups is 1. The highest BCUT2D eigenvalue weighted by molar-refractivity contribution is 7.35. The van der Waals surface area contributed by atoms with Crippen LogP contribution in [0.4, 0.5) is 5.69 Å². The lowest BCUT2D eigenvalue weighted by Gasteiger charge is -2.23. The Morgan fingerprint density at radius 3 is 2.32 bits per heavy atom. The molecule has 19 heavy (non-hydrogen) atoms. The molecule has 0 aliphatic rings. The van der Waals surface area contributed by atoms with Crippen LogP contribution in [0.15, 0.2) is 5.10 Å². The Kier molecular flexibility index (Phi) is 5.33. The maximum atomic E-state index is 5.64. The number of nitrogens with zero attached hydrogens (tertiary/aromatic N) is 1. The second-order valence-electron chi connectivity index (χ2n) is 5.52. The van der Waals surface area contributed by atoms with Crippen molar-refractivity contribution in [2.24, 2.45) is 10.8 Å². The Morgan fingerprint density at radius 2 is 1.89 bits per heavy atom. The summed E-state index contributed by atoms with van der Waals surface area (Å²) in [7, 11) is 9.92. The molecule has 94 valence electrons. The zero-order valence-electron chi connectivity index (χ0n) is 13.3. The zero-order valence-corrected chi connectivity index (χ0v) is 13.3. The first-order valence-electron chi connectivity index (χ1n) is 6.99. The molecular formula is C10H21B6N3. The number of nitrogens with two attached hydrogens (primary N) is 1. The predicted molar refractivity (Wildman–Crippen MR) is 103 cm³/mol. The van der Waals surface area contributed by atoms with Crippen LogP contribution < -0.4 is 27.5 Å². The molecular weight excluding hydrogens is 227 g/mol. The third-order valence-electron chi connectivity index (χ3n) is 3.79. The number of nitrogens with one attached hydrogen (secondary N) is 1. The summed E-state index contributed by atoms with van der Waals surface area (Å²) < 4.78 is 0. The van der Waals surface area contributed by atoms with Crippen molar-refractivity contribution in [2.75, 3.05) is 5.43 Å². The average molecular weight is 248 g/mol. The van der Waals surface area contributed by atoms with Gasteiger partial charge in [0.1, 0.15) is 27.3 Å². The molecule has 0 fully saturated rings. The van der Waals surface area contributed by atoms with Gasteiger partial charge in [0.25, 0.3) is 0 Å². The van der Waals surface area contributed by atoms with Crippen molar-refractivity contribution in [3.05, 3.63) is 11.1 Å². The van der Waals surface area contributed by atoms with E-state index in [0.717, 1.165) is 12.9 Å². The predicted octanol–water partition coefficient (Wildman–Crippen LogP) is -5.16. The van der Waals surface area contributed by atoms with Crippen LogP contribution in [0.25, 0.3) is 0 Å². The Labute approximate surface area is 121 Å². The van der Waals surface area contributed by atoms with E-state index in [1.165, 1.54) is 27.5 Å². The topological polar surface area (TPSA) is 50.4 Å². The van der Waals surface area contributed by atoms with Gasteiger partial charge in [-0.2, -0.15) is 5.10 Å². The molecule has 1 aromatic carbocycles. The van der Waals surface area contributed by atoms with E-state index in [1.807, 2.05) is 0 Å².